The highest BCUT2D eigenvalue weighted by atomic mass is 31.2. The van der Waals surface area contributed by atoms with E-state index >= 15 is 0 Å². The van der Waals surface area contributed by atoms with Gasteiger partial charge < -0.3 is 46.1 Å². The number of H-pyrrole nitrogens is 1. The van der Waals surface area contributed by atoms with Crippen molar-refractivity contribution >= 4 is 54.2 Å². The summed E-state index contributed by atoms with van der Waals surface area (Å²) >= 11 is 0. The maximum Gasteiger partial charge on any atom is 0.524 e. The van der Waals surface area contributed by atoms with E-state index < -0.39 is 85.6 Å². The van der Waals surface area contributed by atoms with Crippen LogP contribution in [-0.4, -0.2) is 109 Å². The molecule has 2 saturated heterocycles. The summed E-state index contributed by atoms with van der Waals surface area (Å²) in [5.41, 5.74) is 3.25. The molecular formula is C47H52N7O11P. The van der Waals surface area contributed by atoms with Crippen molar-refractivity contribution in [3.05, 3.63) is 138 Å². The number of fused-ring (bicyclic) bond motifs is 2. The number of hydrogen-bond donors (Lipinski definition) is 9. The minimum absolute atomic E-state index is 0.000324. The maximum atomic E-state index is 14.9. The molecule has 0 spiro atoms. The summed E-state index contributed by atoms with van der Waals surface area (Å²) < 4.78 is 16.1. The van der Waals surface area contributed by atoms with Gasteiger partial charge in [0.15, 0.2) is 0 Å². The van der Waals surface area contributed by atoms with E-state index in [2.05, 4.69) is 36.1 Å². The van der Waals surface area contributed by atoms with Gasteiger partial charge in [-0.25, -0.2) is 4.57 Å². The van der Waals surface area contributed by atoms with Gasteiger partial charge in [-0.2, -0.15) is 0 Å². The Kier molecular flexibility index (Phi) is 15.0. The van der Waals surface area contributed by atoms with Crippen LogP contribution in [0, 0.1) is 0 Å². The molecule has 9 N–H and O–H groups in total. The Hall–Kier alpha value is -6.85. The van der Waals surface area contributed by atoms with Gasteiger partial charge in [0.25, 0.3) is 0 Å². The molecule has 3 heterocycles. The summed E-state index contributed by atoms with van der Waals surface area (Å²) in [6.45, 7) is 1.41. The van der Waals surface area contributed by atoms with E-state index in [1.807, 2.05) is 24.3 Å². The van der Waals surface area contributed by atoms with E-state index in [0.717, 1.165) is 10.9 Å². The fourth-order valence-corrected chi connectivity index (χ4v) is 8.74. The molecule has 7 rings (SSSR count). The van der Waals surface area contributed by atoms with Crippen molar-refractivity contribution in [2.24, 2.45) is 0 Å². The standard InChI is InChI=1S/C47H52N7O11P/c1-28(55)41-46(60)51-37(24-30-13-6-3-7-14-30)42(56)49-36(23-29-11-4-2-5-12-29)43(57)52-39(26-32-27-48-35-16-9-8-15-34(32)35)47(61)54-22-10-17-40(54)45(59)50-38(44(58)53-41)25-31-18-20-33(21-19-31)65-66(62,63)64/h2-9,11-16,18-21,27-28,36-41,48,55H,10,17,22-26H2,1H3,(H,49,56)(H,50,59)(H,51,60)(H,52,57)(H,53,58)(H2,62,63,64)/t28-,36+,37+,38+,39+,40-,41+/m1/s1. The van der Waals surface area contributed by atoms with Crippen molar-refractivity contribution in [2.75, 3.05) is 6.54 Å². The molecule has 0 bridgehead atoms. The second kappa shape index (κ2) is 21.0. The largest absolute Gasteiger partial charge is 0.524 e. The van der Waals surface area contributed by atoms with Gasteiger partial charge in [0.05, 0.1) is 6.10 Å². The molecule has 0 saturated carbocycles. The van der Waals surface area contributed by atoms with Crippen molar-refractivity contribution in [3.8, 4) is 5.75 Å². The number of para-hydroxylation sites is 1. The van der Waals surface area contributed by atoms with Crippen LogP contribution in [0.3, 0.4) is 0 Å². The molecule has 0 radical (unpaired) electrons. The van der Waals surface area contributed by atoms with E-state index in [1.54, 1.807) is 66.9 Å². The van der Waals surface area contributed by atoms with Gasteiger partial charge in [0.2, 0.25) is 35.4 Å². The Morgan fingerprint density at radius 1 is 0.621 bits per heavy atom. The van der Waals surface area contributed by atoms with Gasteiger partial charge >= 0.3 is 7.82 Å². The van der Waals surface area contributed by atoms with Crippen LogP contribution in [0.25, 0.3) is 10.9 Å². The number of aromatic nitrogens is 1. The maximum absolute atomic E-state index is 14.9. The first-order chi connectivity index (χ1) is 31.6. The summed E-state index contributed by atoms with van der Waals surface area (Å²) in [4.78, 5) is 110. The first-order valence-corrected chi connectivity index (χ1v) is 23.1. The quantitative estimate of drug-likeness (QED) is 0.0862. The van der Waals surface area contributed by atoms with Gasteiger partial charge in [-0.3, -0.25) is 38.6 Å². The lowest BCUT2D eigenvalue weighted by Gasteiger charge is -2.32. The normalized spacial score (nSPS) is 23.1. The lowest BCUT2D eigenvalue weighted by molar-refractivity contribution is -0.143. The number of nitrogens with one attached hydrogen (secondary N) is 6. The summed E-state index contributed by atoms with van der Waals surface area (Å²) in [5.74, 6) is -4.70. The van der Waals surface area contributed by atoms with Crippen LogP contribution in [0.15, 0.2) is 115 Å². The third-order valence-electron chi connectivity index (χ3n) is 11.7. The van der Waals surface area contributed by atoms with Crippen LogP contribution in [0.1, 0.15) is 42.0 Å². The van der Waals surface area contributed by atoms with Crippen molar-refractivity contribution in [1.29, 1.82) is 0 Å². The van der Waals surface area contributed by atoms with Gasteiger partial charge in [0.1, 0.15) is 42.0 Å². The highest BCUT2D eigenvalue weighted by molar-refractivity contribution is 7.46. The fourth-order valence-electron chi connectivity index (χ4n) is 8.34. The second-order valence-electron chi connectivity index (χ2n) is 16.5. The van der Waals surface area contributed by atoms with Gasteiger partial charge in [-0.15, -0.1) is 0 Å². The first-order valence-electron chi connectivity index (χ1n) is 21.6. The summed E-state index contributed by atoms with van der Waals surface area (Å²) in [5, 5.41) is 25.5. The number of carbonyl (C=O) groups excluding carboxylic acids is 6. The second-order valence-corrected chi connectivity index (χ2v) is 17.7. The van der Waals surface area contributed by atoms with Crippen molar-refractivity contribution < 1.29 is 52.7 Å². The van der Waals surface area contributed by atoms with Crippen molar-refractivity contribution in [2.45, 2.75) is 87.8 Å². The molecule has 19 heteroatoms. The molecule has 5 aromatic rings. The molecule has 2 aliphatic rings. The molecule has 18 nitrogen and oxygen atoms in total. The van der Waals surface area contributed by atoms with E-state index in [9.17, 15) is 48.2 Å². The number of aromatic amines is 1. The third kappa shape index (κ3) is 12.1. The lowest BCUT2D eigenvalue weighted by atomic mass is 9.99. The number of aliphatic hydroxyl groups excluding tert-OH is 1. The number of hydrogen-bond acceptors (Lipinski definition) is 9. The van der Waals surface area contributed by atoms with Crippen LogP contribution in [0.4, 0.5) is 0 Å². The summed E-state index contributed by atoms with van der Waals surface area (Å²) in [6.07, 6.45) is 0.580. The van der Waals surface area contributed by atoms with E-state index in [1.165, 1.54) is 36.1 Å². The SMILES string of the molecule is C[C@@H](O)[C@@H]1NC(=O)[C@H](Cc2ccc(OP(=O)(O)O)cc2)NC(=O)[C@H]2CCCN2C(=O)[C@H](Cc2c[nH]c3ccccc23)NC(=O)[C@H](Cc2ccccc2)NC(=O)[C@H](Cc2ccccc2)NC1=O. The van der Waals surface area contributed by atoms with Crippen molar-refractivity contribution in [3.63, 3.8) is 0 Å². The molecule has 0 unspecified atom stereocenters. The van der Waals surface area contributed by atoms with E-state index in [0.29, 0.717) is 28.7 Å². The fraction of sp³-hybridized carbons (Fsp3) is 0.319. The highest BCUT2D eigenvalue weighted by Crippen LogP contribution is 2.37. The van der Waals surface area contributed by atoms with Gasteiger partial charge in [0, 0.05) is 49.3 Å². The number of aliphatic hydroxyl groups is 1. The summed E-state index contributed by atoms with van der Waals surface area (Å²) in [7, 11) is -4.88. The van der Waals surface area contributed by atoms with Crippen LogP contribution in [0.2, 0.25) is 0 Å². The smallest absolute Gasteiger partial charge is 0.404 e. The monoisotopic (exact) mass is 921 g/mol. The number of amides is 6. The molecule has 66 heavy (non-hydrogen) atoms. The minimum atomic E-state index is -4.88. The zero-order valence-corrected chi connectivity index (χ0v) is 36.9. The number of phosphoric ester groups is 1. The molecule has 346 valence electrons. The topological polar surface area (TPSA) is 269 Å². The van der Waals surface area contributed by atoms with Crippen LogP contribution < -0.4 is 31.1 Å². The van der Waals surface area contributed by atoms with Crippen LogP contribution in [-0.2, 0) is 59.0 Å². The number of rotatable bonds is 11. The average molecular weight is 922 g/mol. The zero-order valence-electron chi connectivity index (χ0n) is 36.0. The molecule has 7 atom stereocenters. The Labute approximate surface area is 380 Å². The Morgan fingerprint density at radius 2 is 1.12 bits per heavy atom. The molecule has 0 aliphatic carbocycles. The molecule has 6 amide bonds. The number of nitrogens with zero attached hydrogens (tertiary/aromatic N) is 1. The zero-order chi connectivity index (χ0) is 47.0. The molecule has 4 aromatic carbocycles. The average Bonchev–Trinajstić information content (AvgIpc) is 3.95. The number of benzene rings is 4. The Balaban J connectivity index is 1.28. The molecule has 1 aromatic heterocycles. The van der Waals surface area contributed by atoms with Gasteiger partial charge in [-0.1, -0.05) is 91.0 Å². The molecular weight excluding hydrogens is 870 g/mol. The van der Waals surface area contributed by atoms with E-state index in [-0.39, 0.29) is 44.4 Å². The minimum Gasteiger partial charge on any atom is -0.404 e. The van der Waals surface area contributed by atoms with Gasteiger partial charge in [-0.05, 0) is 60.2 Å². The first kappa shape index (κ1) is 47.1. The van der Waals surface area contributed by atoms with Crippen LogP contribution >= 0.6 is 7.82 Å². The Morgan fingerprint density at radius 3 is 1.70 bits per heavy atom. The molecule has 2 fully saturated rings. The number of phosphoric acid groups is 1. The predicted molar refractivity (Wildman–Crippen MR) is 241 cm³/mol. The Bertz CT molecular complexity index is 2590. The lowest BCUT2D eigenvalue weighted by Crippen LogP contribution is -2.63. The number of carbonyl (C=O) groups is 6. The molecule has 2 aliphatic heterocycles. The summed E-state index contributed by atoms with van der Waals surface area (Å²) in [6, 6.07) is 22.6. The highest BCUT2D eigenvalue weighted by Gasteiger charge is 2.41. The third-order valence-corrected chi connectivity index (χ3v) is 12.1. The van der Waals surface area contributed by atoms with Crippen LogP contribution in [0.5, 0.6) is 5.75 Å². The van der Waals surface area contributed by atoms with Crippen molar-refractivity contribution in [1.82, 2.24) is 36.5 Å². The predicted octanol–water partition coefficient (Wildman–Crippen LogP) is 1.72. The van der Waals surface area contributed by atoms with E-state index in [4.69, 9.17) is 0 Å².